The molecule has 0 bridgehead atoms. The van der Waals surface area contributed by atoms with E-state index in [1.165, 1.54) is 16.8 Å². The van der Waals surface area contributed by atoms with Crippen molar-refractivity contribution in [3.05, 3.63) is 29.3 Å². The molecule has 0 fully saturated rings. The topological polar surface area (TPSA) is 15.3 Å². The van der Waals surface area contributed by atoms with Crippen molar-refractivity contribution in [3.8, 4) is 0 Å². The van der Waals surface area contributed by atoms with Gasteiger partial charge in [0.2, 0.25) is 0 Å². The smallest absolute Gasteiger partial charge is 0.0396 e. The maximum absolute atomic E-state index is 3.19. The monoisotopic (exact) mass is 252 g/mol. The van der Waals surface area contributed by atoms with Gasteiger partial charge in [0, 0.05) is 31.1 Å². The summed E-state index contributed by atoms with van der Waals surface area (Å²) in [5, 5.41) is 3.19. The fourth-order valence-electron chi connectivity index (χ4n) is 2.02. The lowest BCUT2D eigenvalue weighted by molar-refractivity contribution is 0.761. The van der Waals surface area contributed by atoms with Crippen molar-refractivity contribution in [2.75, 3.05) is 31.0 Å². The van der Waals surface area contributed by atoms with E-state index in [0.717, 1.165) is 12.3 Å². The van der Waals surface area contributed by atoms with Crippen molar-refractivity contribution in [1.29, 1.82) is 0 Å². The highest BCUT2D eigenvalue weighted by Crippen LogP contribution is 2.22. The average molecular weight is 252 g/mol. The molecule has 0 radical (unpaired) electrons. The number of thioether (sulfide) groups is 1. The molecule has 0 aliphatic carbocycles. The van der Waals surface area contributed by atoms with Gasteiger partial charge in [-0.25, -0.2) is 0 Å². The van der Waals surface area contributed by atoms with Crippen molar-refractivity contribution < 1.29 is 0 Å². The lowest BCUT2D eigenvalue weighted by Crippen LogP contribution is -2.31. The second kappa shape index (κ2) is 6.92. The van der Waals surface area contributed by atoms with E-state index in [9.17, 15) is 0 Å². The Labute approximate surface area is 110 Å². The van der Waals surface area contributed by atoms with Gasteiger partial charge in [0.25, 0.3) is 0 Å². The summed E-state index contributed by atoms with van der Waals surface area (Å²) < 4.78 is 0. The quantitative estimate of drug-likeness (QED) is 0.838. The van der Waals surface area contributed by atoms with E-state index in [2.05, 4.69) is 55.6 Å². The maximum Gasteiger partial charge on any atom is 0.0396 e. The molecule has 17 heavy (non-hydrogen) atoms. The molecule has 1 aromatic rings. The van der Waals surface area contributed by atoms with Gasteiger partial charge < -0.3 is 10.2 Å². The molecule has 0 aromatic heterocycles. The lowest BCUT2D eigenvalue weighted by Gasteiger charge is -2.28. The minimum Gasteiger partial charge on any atom is -0.371 e. The molecule has 1 rings (SSSR count). The molecular weight excluding hydrogens is 228 g/mol. The molecule has 0 heterocycles. The van der Waals surface area contributed by atoms with Crippen molar-refractivity contribution >= 4 is 17.4 Å². The standard InChI is InChI=1S/C14H24N2S/c1-11-8-13(9-15-3)6-7-14(11)16(4)12(2)10-17-5/h6-8,12,15H,9-10H2,1-5H3. The summed E-state index contributed by atoms with van der Waals surface area (Å²) in [6.45, 7) is 5.40. The van der Waals surface area contributed by atoms with Crippen LogP contribution in [0.3, 0.4) is 0 Å². The Bertz CT molecular complexity index is 352. The molecule has 0 spiro atoms. The molecule has 1 aromatic carbocycles. The van der Waals surface area contributed by atoms with Gasteiger partial charge in [-0.3, -0.25) is 0 Å². The second-order valence-corrected chi connectivity index (χ2v) is 5.48. The van der Waals surface area contributed by atoms with Crippen molar-refractivity contribution in [2.24, 2.45) is 0 Å². The van der Waals surface area contributed by atoms with E-state index < -0.39 is 0 Å². The van der Waals surface area contributed by atoms with Gasteiger partial charge >= 0.3 is 0 Å². The minimum atomic E-state index is 0.568. The second-order valence-electron chi connectivity index (χ2n) is 4.57. The van der Waals surface area contributed by atoms with Gasteiger partial charge in [-0.05, 0) is 44.3 Å². The maximum atomic E-state index is 3.19. The summed E-state index contributed by atoms with van der Waals surface area (Å²) in [5.41, 5.74) is 4.04. The average Bonchev–Trinajstić information content (AvgIpc) is 2.29. The zero-order valence-electron chi connectivity index (χ0n) is 11.6. The van der Waals surface area contributed by atoms with Crippen LogP contribution in [0, 0.1) is 6.92 Å². The zero-order valence-corrected chi connectivity index (χ0v) is 12.4. The molecule has 1 N–H and O–H groups in total. The highest BCUT2D eigenvalue weighted by atomic mass is 32.2. The van der Waals surface area contributed by atoms with E-state index >= 15 is 0 Å². The van der Waals surface area contributed by atoms with Crippen LogP contribution in [-0.4, -0.2) is 32.1 Å². The Morgan fingerprint density at radius 3 is 2.65 bits per heavy atom. The van der Waals surface area contributed by atoms with Gasteiger partial charge in [0.1, 0.15) is 0 Å². The van der Waals surface area contributed by atoms with Crippen molar-refractivity contribution in [1.82, 2.24) is 5.32 Å². The van der Waals surface area contributed by atoms with Crippen LogP contribution in [0.4, 0.5) is 5.69 Å². The third-order valence-corrected chi connectivity index (χ3v) is 3.91. The van der Waals surface area contributed by atoms with Crippen LogP contribution in [0.15, 0.2) is 18.2 Å². The number of hydrogen-bond acceptors (Lipinski definition) is 3. The SMILES string of the molecule is CNCc1ccc(N(C)C(C)CSC)c(C)c1. The summed E-state index contributed by atoms with van der Waals surface area (Å²) in [6, 6.07) is 7.28. The first-order chi connectivity index (χ1) is 8.10. The first-order valence-electron chi connectivity index (χ1n) is 6.06. The Balaban J connectivity index is 2.83. The predicted molar refractivity (Wildman–Crippen MR) is 80.2 cm³/mol. The molecule has 0 aliphatic rings. The first kappa shape index (κ1) is 14.4. The Morgan fingerprint density at radius 2 is 2.12 bits per heavy atom. The fraction of sp³-hybridized carbons (Fsp3) is 0.571. The summed E-state index contributed by atoms with van der Waals surface area (Å²) >= 11 is 1.90. The summed E-state index contributed by atoms with van der Waals surface area (Å²) in [6.07, 6.45) is 2.16. The van der Waals surface area contributed by atoms with E-state index in [1.807, 2.05) is 18.8 Å². The van der Waals surface area contributed by atoms with Gasteiger partial charge in [-0.15, -0.1) is 0 Å². The largest absolute Gasteiger partial charge is 0.371 e. The number of aryl methyl sites for hydroxylation is 1. The molecule has 1 atom stereocenters. The normalized spacial score (nSPS) is 12.5. The van der Waals surface area contributed by atoms with E-state index in [0.29, 0.717) is 6.04 Å². The summed E-state index contributed by atoms with van der Waals surface area (Å²) in [7, 11) is 4.16. The van der Waals surface area contributed by atoms with Gasteiger partial charge in [-0.1, -0.05) is 12.1 Å². The predicted octanol–water partition coefficient (Wildman–Crippen LogP) is 2.90. The third-order valence-electron chi connectivity index (χ3n) is 3.09. The Kier molecular flexibility index (Phi) is 5.86. The Morgan fingerprint density at radius 1 is 1.41 bits per heavy atom. The fourth-order valence-corrected chi connectivity index (χ4v) is 2.72. The molecule has 0 saturated heterocycles. The number of nitrogens with zero attached hydrogens (tertiary/aromatic N) is 1. The third kappa shape index (κ3) is 3.93. The molecule has 1 unspecified atom stereocenters. The number of rotatable bonds is 6. The van der Waals surface area contributed by atoms with E-state index in [4.69, 9.17) is 0 Å². The highest BCUT2D eigenvalue weighted by Gasteiger charge is 2.11. The Hall–Kier alpha value is -0.670. The first-order valence-corrected chi connectivity index (χ1v) is 7.45. The number of nitrogens with one attached hydrogen (secondary N) is 1. The molecule has 96 valence electrons. The van der Waals surface area contributed by atoms with Crippen LogP contribution in [-0.2, 0) is 6.54 Å². The highest BCUT2D eigenvalue weighted by molar-refractivity contribution is 7.98. The van der Waals surface area contributed by atoms with Crippen molar-refractivity contribution in [3.63, 3.8) is 0 Å². The molecule has 2 nitrogen and oxygen atoms in total. The molecule has 3 heteroatoms. The number of anilines is 1. The number of hydrogen-bond donors (Lipinski definition) is 1. The zero-order chi connectivity index (χ0) is 12.8. The molecule has 0 amide bonds. The lowest BCUT2D eigenvalue weighted by atomic mass is 10.1. The van der Waals surface area contributed by atoms with Crippen molar-refractivity contribution in [2.45, 2.75) is 26.4 Å². The number of benzene rings is 1. The van der Waals surface area contributed by atoms with Gasteiger partial charge in [-0.2, -0.15) is 11.8 Å². The summed E-state index contributed by atoms with van der Waals surface area (Å²) in [5.74, 6) is 1.16. The summed E-state index contributed by atoms with van der Waals surface area (Å²) in [4.78, 5) is 2.37. The molecular formula is C14H24N2S. The van der Waals surface area contributed by atoms with Gasteiger partial charge in [0.15, 0.2) is 0 Å². The van der Waals surface area contributed by atoms with Crippen LogP contribution < -0.4 is 10.2 Å². The van der Waals surface area contributed by atoms with Crippen LogP contribution in [0.25, 0.3) is 0 Å². The van der Waals surface area contributed by atoms with Crippen LogP contribution in [0.5, 0.6) is 0 Å². The molecule has 0 saturated carbocycles. The van der Waals surface area contributed by atoms with Gasteiger partial charge in [0.05, 0.1) is 0 Å². The minimum absolute atomic E-state index is 0.568. The van der Waals surface area contributed by atoms with E-state index in [1.54, 1.807) is 0 Å². The molecule has 0 aliphatic heterocycles. The van der Waals surface area contributed by atoms with Crippen LogP contribution in [0.1, 0.15) is 18.1 Å². The van der Waals surface area contributed by atoms with E-state index in [-0.39, 0.29) is 0 Å². The van der Waals surface area contributed by atoms with Crippen LogP contribution in [0.2, 0.25) is 0 Å². The van der Waals surface area contributed by atoms with Crippen LogP contribution >= 0.6 is 11.8 Å².